The maximum absolute atomic E-state index is 8.84. The van der Waals surface area contributed by atoms with E-state index in [9.17, 15) is 0 Å². The first kappa shape index (κ1) is 23.1. The molecule has 0 bridgehead atoms. The lowest BCUT2D eigenvalue weighted by molar-refractivity contribution is 0.0319. The zero-order valence-corrected chi connectivity index (χ0v) is 18.8. The Morgan fingerprint density at radius 3 is 2.87 bits per heavy atom. The molecule has 0 amide bonds. The number of rotatable bonds is 11. The zero-order valence-electron chi connectivity index (χ0n) is 17.1. The first-order valence-corrected chi connectivity index (χ1v) is 12.0. The van der Waals surface area contributed by atoms with Gasteiger partial charge in [0.1, 0.15) is 10.0 Å². The lowest BCUT2D eigenvalue weighted by Gasteiger charge is -2.08. The van der Waals surface area contributed by atoms with Crippen molar-refractivity contribution in [3.8, 4) is 10.6 Å². The number of aryl methyl sites for hydroxylation is 1. The molecule has 0 aliphatic carbocycles. The number of amidine groups is 1. The summed E-state index contributed by atoms with van der Waals surface area (Å²) in [4.78, 5) is 28.0. The van der Waals surface area contributed by atoms with Crippen LogP contribution in [0.2, 0.25) is 0 Å². The zero-order chi connectivity index (χ0) is 21.5. The van der Waals surface area contributed by atoms with Gasteiger partial charge in [0.25, 0.3) is 0 Å². The summed E-state index contributed by atoms with van der Waals surface area (Å²) in [5.41, 5.74) is 11.9. The minimum Gasteiger partial charge on any atom is -0.328 e. The van der Waals surface area contributed by atoms with Crippen LogP contribution < -0.4 is 11.2 Å². The molecule has 2 atom stereocenters. The molecule has 0 spiro atoms. The third-order valence-corrected chi connectivity index (χ3v) is 6.21. The Morgan fingerprint density at radius 2 is 2.13 bits per heavy atom. The van der Waals surface area contributed by atoms with Crippen molar-refractivity contribution in [2.24, 2.45) is 10.7 Å². The van der Waals surface area contributed by atoms with Crippen LogP contribution in [0.25, 0.3) is 10.6 Å². The molecule has 1 aromatic carbocycles. The average Bonchev–Trinajstić information content (AvgIpc) is 3.39. The molecule has 0 fully saturated rings. The van der Waals surface area contributed by atoms with Gasteiger partial charge in [-0.3, -0.25) is 0 Å². The van der Waals surface area contributed by atoms with Crippen LogP contribution in [-0.4, -0.2) is 38.7 Å². The van der Waals surface area contributed by atoms with E-state index in [0.29, 0.717) is 5.01 Å². The summed E-state index contributed by atoms with van der Waals surface area (Å²) in [6, 6.07) is 5.42. The van der Waals surface area contributed by atoms with Gasteiger partial charge in [0.05, 0.1) is 12.6 Å². The van der Waals surface area contributed by atoms with Gasteiger partial charge in [0.15, 0.2) is 12.1 Å². The van der Waals surface area contributed by atoms with Gasteiger partial charge in [-0.1, -0.05) is 49.7 Å². The molecule has 1 aromatic heterocycles. The molecule has 164 valence electrons. The summed E-state index contributed by atoms with van der Waals surface area (Å²) in [7, 11) is -2.43. The van der Waals surface area contributed by atoms with Gasteiger partial charge in [-0.2, -0.15) is 0 Å². The molecule has 5 N–H and O–H groups in total. The molecular weight excluding hydrogens is 425 g/mol. The Kier molecular flexibility index (Phi) is 8.64. The van der Waals surface area contributed by atoms with Crippen molar-refractivity contribution in [2.75, 3.05) is 6.61 Å². The van der Waals surface area contributed by atoms with Gasteiger partial charge < -0.3 is 20.0 Å². The number of aromatic nitrogens is 2. The van der Waals surface area contributed by atoms with E-state index in [4.69, 9.17) is 24.9 Å². The summed E-state index contributed by atoms with van der Waals surface area (Å²) in [6.45, 7) is 4.19. The molecule has 2 heterocycles. The van der Waals surface area contributed by atoms with Crippen molar-refractivity contribution in [2.45, 2.75) is 58.2 Å². The van der Waals surface area contributed by atoms with Crippen molar-refractivity contribution >= 4 is 25.8 Å². The highest BCUT2D eigenvalue weighted by molar-refractivity contribution is 7.39. The SMILES string of the molecule is CCCCCCC1N=C(c2ccc(-c3nnc(C(N)COP(O)O)s3)cc2C)NO1. The highest BCUT2D eigenvalue weighted by atomic mass is 32.1. The predicted octanol–water partition coefficient (Wildman–Crippen LogP) is 3.32. The third kappa shape index (κ3) is 6.24. The van der Waals surface area contributed by atoms with Crippen LogP contribution in [-0.2, 0) is 9.36 Å². The minimum atomic E-state index is -2.43. The largest absolute Gasteiger partial charge is 0.328 e. The molecule has 1 aliphatic rings. The highest BCUT2D eigenvalue weighted by Gasteiger charge is 2.21. The number of benzene rings is 1. The molecule has 2 aromatic rings. The molecular formula is C19H28N5O4PS. The first-order chi connectivity index (χ1) is 14.5. The molecule has 0 radical (unpaired) electrons. The summed E-state index contributed by atoms with van der Waals surface area (Å²) in [5, 5.41) is 9.62. The standard InChI is InChI=1S/C19H28N5O4PS/c1-3-4-5-6-7-16-21-17(24-28-16)14-9-8-13(10-12(14)2)18-22-23-19(30-18)15(20)11-27-29(25)26/h8-10,15-16,25-26H,3-7,11,20H2,1-2H3,(H,21,24). The maximum atomic E-state index is 8.84. The number of hydroxylamine groups is 1. The smallest absolute Gasteiger partial charge is 0.327 e. The van der Waals surface area contributed by atoms with Crippen molar-refractivity contribution < 1.29 is 19.1 Å². The normalized spacial score (nSPS) is 17.3. The second-order valence-corrected chi connectivity index (χ2v) is 8.90. The van der Waals surface area contributed by atoms with Crippen LogP contribution in [0.1, 0.15) is 61.2 Å². The van der Waals surface area contributed by atoms with Crippen molar-refractivity contribution in [1.82, 2.24) is 15.7 Å². The quantitative estimate of drug-likeness (QED) is 0.301. The van der Waals surface area contributed by atoms with E-state index in [0.717, 1.165) is 40.4 Å². The fourth-order valence-electron chi connectivity index (χ4n) is 3.10. The number of unbranched alkanes of at least 4 members (excludes halogenated alkanes) is 3. The minimum absolute atomic E-state index is 0.0313. The number of nitrogens with one attached hydrogen (secondary N) is 1. The molecule has 30 heavy (non-hydrogen) atoms. The highest BCUT2D eigenvalue weighted by Crippen LogP contribution is 2.30. The summed E-state index contributed by atoms with van der Waals surface area (Å²) >= 11 is 1.35. The van der Waals surface area contributed by atoms with E-state index >= 15 is 0 Å². The monoisotopic (exact) mass is 453 g/mol. The first-order valence-electron chi connectivity index (χ1n) is 9.98. The van der Waals surface area contributed by atoms with Crippen LogP contribution in [0, 0.1) is 6.92 Å². The fraction of sp³-hybridized carbons (Fsp3) is 0.526. The van der Waals surface area contributed by atoms with Gasteiger partial charge >= 0.3 is 8.60 Å². The van der Waals surface area contributed by atoms with Crippen molar-refractivity contribution in [1.29, 1.82) is 0 Å². The van der Waals surface area contributed by atoms with Gasteiger partial charge in [0, 0.05) is 11.1 Å². The van der Waals surface area contributed by atoms with E-state index in [-0.39, 0.29) is 12.8 Å². The van der Waals surface area contributed by atoms with Crippen molar-refractivity contribution in [3.05, 3.63) is 34.3 Å². The van der Waals surface area contributed by atoms with Crippen molar-refractivity contribution in [3.63, 3.8) is 0 Å². The molecule has 0 saturated carbocycles. The predicted molar refractivity (Wildman–Crippen MR) is 118 cm³/mol. The average molecular weight is 454 g/mol. The van der Waals surface area contributed by atoms with E-state index in [1.165, 1.54) is 30.6 Å². The van der Waals surface area contributed by atoms with E-state index in [1.807, 2.05) is 25.1 Å². The van der Waals surface area contributed by atoms with E-state index in [2.05, 4.69) is 27.6 Å². The summed E-state index contributed by atoms with van der Waals surface area (Å²) in [6.07, 6.45) is 5.55. The third-order valence-electron chi connectivity index (χ3n) is 4.73. The second-order valence-electron chi connectivity index (χ2n) is 7.13. The van der Waals surface area contributed by atoms with Crippen LogP contribution in [0.15, 0.2) is 23.2 Å². The van der Waals surface area contributed by atoms with Gasteiger partial charge in [0.2, 0.25) is 0 Å². The number of aliphatic imine (C=N–C) groups is 1. The molecule has 2 unspecified atom stereocenters. The molecule has 1 aliphatic heterocycles. The topological polar surface area (TPSA) is 135 Å². The number of hydrogen-bond acceptors (Lipinski definition) is 10. The second kappa shape index (κ2) is 11.2. The lowest BCUT2D eigenvalue weighted by Crippen LogP contribution is -2.20. The van der Waals surface area contributed by atoms with Crippen LogP contribution in [0.5, 0.6) is 0 Å². The fourth-order valence-corrected chi connectivity index (χ4v) is 4.22. The Bertz CT molecular complexity index is 863. The molecule has 11 heteroatoms. The Hall–Kier alpha value is -1.52. The Balaban J connectivity index is 1.65. The number of nitrogens with two attached hydrogens (primary N) is 1. The van der Waals surface area contributed by atoms with Gasteiger partial charge in [-0.25, -0.2) is 15.3 Å². The van der Waals surface area contributed by atoms with Gasteiger partial charge in [-0.15, -0.1) is 10.2 Å². The Labute approximate surface area is 181 Å². The van der Waals surface area contributed by atoms with Crippen LogP contribution in [0.3, 0.4) is 0 Å². The van der Waals surface area contributed by atoms with Crippen LogP contribution >= 0.6 is 19.9 Å². The van der Waals surface area contributed by atoms with Gasteiger partial charge in [-0.05, 0) is 31.4 Å². The van der Waals surface area contributed by atoms with Crippen LogP contribution in [0.4, 0.5) is 0 Å². The maximum Gasteiger partial charge on any atom is 0.327 e. The summed E-state index contributed by atoms with van der Waals surface area (Å²) in [5.74, 6) is 0.751. The number of hydrogen-bond donors (Lipinski definition) is 4. The summed E-state index contributed by atoms with van der Waals surface area (Å²) < 4.78 is 4.77. The molecule has 0 saturated heterocycles. The van der Waals surface area contributed by atoms with E-state index in [1.54, 1.807) is 0 Å². The van der Waals surface area contributed by atoms with E-state index < -0.39 is 14.6 Å². The number of nitrogens with zero attached hydrogens (tertiary/aromatic N) is 3. The molecule has 9 nitrogen and oxygen atoms in total. The molecule has 3 rings (SSSR count). The lowest BCUT2D eigenvalue weighted by atomic mass is 10.0. The Morgan fingerprint density at radius 1 is 1.30 bits per heavy atom.